The van der Waals surface area contributed by atoms with Gasteiger partial charge in [-0.3, -0.25) is 4.79 Å². The highest BCUT2D eigenvalue weighted by molar-refractivity contribution is 6.02. The molecule has 0 N–H and O–H groups in total. The van der Waals surface area contributed by atoms with Crippen LogP contribution < -0.4 is 5.11 Å². The number of carbonyl (C=O) groups excluding carboxylic acids is 1. The van der Waals surface area contributed by atoms with Crippen molar-refractivity contribution in [2.24, 2.45) is 0 Å². The highest BCUT2D eigenvalue weighted by Crippen LogP contribution is 2.15. The second kappa shape index (κ2) is 5.41. The molecule has 2 aromatic rings. The number of carbonyl (C=O) groups is 1. The summed E-state index contributed by atoms with van der Waals surface area (Å²) in [6.45, 7) is 0. The zero-order valence-corrected chi connectivity index (χ0v) is 9.24. The number of benzene rings is 2. The lowest BCUT2D eigenvalue weighted by molar-refractivity contribution is -0.413. The fraction of sp³-hybridized carbons (Fsp3) is 0.0667. The van der Waals surface area contributed by atoms with Gasteiger partial charge in [-0.25, -0.2) is 0 Å². The van der Waals surface area contributed by atoms with Crippen molar-refractivity contribution in [2.75, 3.05) is 0 Å². The van der Waals surface area contributed by atoms with Gasteiger partial charge in [0.2, 0.25) is 0 Å². The molecule has 0 aliphatic rings. The number of hydrogen-bond donors (Lipinski definition) is 0. The normalized spacial score (nSPS) is 12.1. The summed E-state index contributed by atoms with van der Waals surface area (Å²) in [5.74, 6) is -0.227. The maximum absolute atomic E-state index is 11.8. The Kier molecular flexibility index (Phi) is 3.68. The van der Waals surface area contributed by atoms with Crippen molar-refractivity contribution < 1.29 is 9.90 Å². The van der Waals surface area contributed by atoms with Crippen LogP contribution in [0.5, 0.6) is 0 Å². The van der Waals surface area contributed by atoms with Crippen LogP contribution in [0.2, 0.25) is 0 Å². The maximum atomic E-state index is 11.8. The van der Waals surface area contributed by atoms with E-state index in [4.69, 9.17) is 0 Å². The molecule has 17 heavy (non-hydrogen) atoms. The second-order valence-corrected chi connectivity index (χ2v) is 3.73. The number of hydrogen-bond acceptors (Lipinski definition) is 2. The molecule has 0 saturated carbocycles. The van der Waals surface area contributed by atoms with Crippen molar-refractivity contribution in [3.8, 4) is 0 Å². The third-order valence-electron chi connectivity index (χ3n) is 2.49. The molecule has 0 aliphatic heterocycles. The van der Waals surface area contributed by atoms with E-state index in [0.29, 0.717) is 11.1 Å². The fourth-order valence-electron chi connectivity index (χ4n) is 1.58. The third kappa shape index (κ3) is 3.02. The van der Waals surface area contributed by atoms with Crippen LogP contribution in [0.4, 0.5) is 0 Å². The summed E-state index contributed by atoms with van der Waals surface area (Å²) in [7, 11) is 0. The van der Waals surface area contributed by atoms with Crippen LogP contribution in [0.3, 0.4) is 0 Å². The van der Waals surface area contributed by atoms with E-state index in [1.165, 1.54) is 6.42 Å². The average Bonchev–Trinajstić information content (AvgIpc) is 2.40. The predicted octanol–water partition coefficient (Wildman–Crippen LogP) is 2.18. The number of ketones is 1. The van der Waals surface area contributed by atoms with Gasteiger partial charge in [-0.05, 0) is 0 Å². The van der Waals surface area contributed by atoms with Crippen molar-refractivity contribution in [1.82, 2.24) is 0 Å². The summed E-state index contributed by atoms with van der Waals surface area (Å²) in [6.07, 6.45) is 0.105. The lowest BCUT2D eigenvalue weighted by Crippen LogP contribution is -2.20. The molecule has 0 spiro atoms. The van der Waals surface area contributed by atoms with Crippen LogP contribution in [-0.4, -0.2) is 5.78 Å². The first-order chi connectivity index (χ1) is 8.27. The molecule has 0 saturated heterocycles. The highest BCUT2D eigenvalue weighted by atomic mass is 16.3. The molecule has 0 aliphatic carbocycles. The van der Waals surface area contributed by atoms with E-state index in [2.05, 4.69) is 0 Å². The molecule has 2 rings (SSSR count). The van der Waals surface area contributed by atoms with Gasteiger partial charge in [0.25, 0.3) is 0 Å². The monoisotopic (exact) mass is 224 g/mol. The summed E-state index contributed by atoms with van der Waals surface area (Å²) >= 11 is 0. The van der Waals surface area contributed by atoms with Gasteiger partial charge in [0.1, 0.15) is 0 Å². The van der Waals surface area contributed by atoms with Crippen LogP contribution in [0.1, 0.15) is 22.0 Å². The van der Waals surface area contributed by atoms with E-state index >= 15 is 0 Å². The summed E-state index contributed by atoms with van der Waals surface area (Å²) in [4.78, 5) is 11.8. The van der Waals surface area contributed by atoms with E-state index in [-0.39, 0.29) is 5.78 Å². The molecule has 0 heterocycles. The lowest BCUT2D eigenvalue weighted by atomic mass is 10.0. The van der Waals surface area contributed by atoms with E-state index in [9.17, 15) is 9.90 Å². The second-order valence-electron chi connectivity index (χ2n) is 3.73. The Morgan fingerprint density at radius 2 is 1.47 bits per heavy atom. The Bertz CT molecular complexity index is 477. The molecular formula is C15H12O2-. The molecule has 0 aromatic heterocycles. The van der Waals surface area contributed by atoms with E-state index in [1.54, 1.807) is 48.5 Å². The molecule has 1 radical (unpaired) electrons. The van der Waals surface area contributed by atoms with Crippen LogP contribution in [-0.2, 0) is 0 Å². The lowest BCUT2D eigenvalue weighted by Gasteiger charge is -2.21. The third-order valence-corrected chi connectivity index (χ3v) is 2.49. The molecule has 85 valence electrons. The van der Waals surface area contributed by atoms with Crippen molar-refractivity contribution >= 4 is 5.78 Å². The Hall–Kier alpha value is -1.93. The van der Waals surface area contributed by atoms with E-state index < -0.39 is 6.10 Å². The summed E-state index contributed by atoms with van der Waals surface area (Å²) in [5.41, 5.74) is 1.15. The van der Waals surface area contributed by atoms with Gasteiger partial charge in [-0.1, -0.05) is 72.3 Å². The Morgan fingerprint density at radius 3 is 2.06 bits per heavy atom. The van der Waals surface area contributed by atoms with Crippen LogP contribution in [0.15, 0.2) is 60.7 Å². The molecule has 2 aromatic carbocycles. The molecule has 2 nitrogen and oxygen atoms in total. The van der Waals surface area contributed by atoms with Gasteiger partial charge in [0, 0.05) is 12.0 Å². The van der Waals surface area contributed by atoms with Gasteiger partial charge in [-0.15, -0.1) is 0 Å². The zero-order chi connectivity index (χ0) is 12.1. The molecule has 0 amide bonds. The smallest absolute Gasteiger partial charge is 0.165 e. The fourth-order valence-corrected chi connectivity index (χ4v) is 1.58. The van der Waals surface area contributed by atoms with Gasteiger partial charge in [0.15, 0.2) is 5.78 Å². The minimum absolute atomic E-state index is 0.227. The summed E-state index contributed by atoms with van der Waals surface area (Å²) in [6, 6.07) is 17.7. The van der Waals surface area contributed by atoms with Crippen molar-refractivity contribution in [1.29, 1.82) is 0 Å². The maximum Gasteiger partial charge on any atom is 0.165 e. The quantitative estimate of drug-likeness (QED) is 0.747. The van der Waals surface area contributed by atoms with E-state index in [0.717, 1.165) is 0 Å². The van der Waals surface area contributed by atoms with Crippen LogP contribution in [0.25, 0.3) is 0 Å². The first kappa shape index (κ1) is 11.6. The minimum atomic E-state index is -1.11. The molecular weight excluding hydrogens is 212 g/mol. The van der Waals surface area contributed by atoms with Crippen molar-refractivity contribution in [3.63, 3.8) is 0 Å². The molecule has 2 heteroatoms. The van der Waals surface area contributed by atoms with Gasteiger partial charge < -0.3 is 5.11 Å². The topological polar surface area (TPSA) is 40.1 Å². The highest BCUT2D eigenvalue weighted by Gasteiger charge is 2.08. The first-order valence-corrected chi connectivity index (χ1v) is 5.42. The summed E-state index contributed by atoms with van der Waals surface area (Å²) in [5, 5.41) is 11.8. The van der Waals surface area contributed by atoms with Crippen molar-refractivity contribution in [2.45, 2.75) is 6.10 Å². The molecule has 1 atom stereocenters. The summed E-state index contributed by atoms with van der Waals surface area (Å²) < 4.78 is 0. The molecule has 0 bridgehead atoms. The standard InChI is InChI=1S/C15H12O2/c16-14(12-7-3-1-4-8-12)11-15(17)13-9-5-2-6-10-13/h1-11,14H/q-1. The number of Topliss-reactive ketones (excluding diaryl/α,β-unsaturated/α-hetero) is 1. The Balaban J connectivity index is 2.05. The minimum Gasteiger partial charge on any atom is -0.848 e. The Morgan fingerprint density at radius 1 is 0.941 bits per heavy atom. The molecule has 1 unspecified atom stereocenters. The van der Waals surface area contributed by atoms with E-state index in [1.807, 2.05) is 12.1 Å². The Labute approximate surface area is 101 Å². The largest absolute Gasteiger partial charge is 0.848 e. The number of rotatable bonds is 4. The van der Waals surface area contributed by atoms with Gasteiger partial charge in [0.05, 0.1) is 0 Å². The zero-order valence-electron chi connectivity index (χ0n) is 9.24. The SMILES string of the molecule is O=C([CH]C([O-])c1ccccc1)c1ccccc1. The predicted molar refractivity (Wildman–Crippen MR) is 64.3 cm³/mol. The van der Waals surface area contributed by atoms with Crippen LogP contribution >= 0.6 is 0 Å². The van der Waals surface area contributed by atoms with Gasteiger partial charge in [-0.2, -0.15) is 0 Å². The van der Waals surface area contributed by atoms with Crippen molar-refractivity contribution in [3.05, 3.63) is 78.2 Å². The van der Waals surface area contributed by atoms with Gasteiger partial charge >= 0.3 is 0 Å². The first-order valence-electron chi connectivity index (χ1n) is 5.42. The molecule has 0 fully saturated rings. The average molecular weight is 224 g/mol. The van der Waals surface area contributed by atoms with Crippen LogP contribution in [0, 0.1) is 6.42 Å².